The fraction of sp³-hybridized carbons (Fsp3) is 0.438. The first kappa shape index (κ1) is 28.7. The third kappa shape index (κ3) is 4.50. The molecule has 0 spiro atoms. The molecule has 2 aliphatic heterocycles. The van der Waals surface area contributed by atoms with Gasteiger partial charge >= 0.3 is 0 Å². The van der Waals surface area contributed by atoms with E-state index in [1.54, 1.807) is 19.2 Å². The van der Waals surface area contributed by atoms with Crippen LogP contribution in [-0.2, 0) is 25.4 Å². The Morgan fingerprint density at radius 2 is 1.71 bits per heavy atom. The highest BCUT2D eigenvalue weighted by Crippen LogP contribution is 2.68. The third-order valence-electron chi connectivity index (χ3n) is 8.62. The van der Waals surface area contributed by atoms with E-state index in [1.165, 1.54) is 14.2 Å². The maximum Gasteiger partial charge on any atom is 0.251 e. The average molecular weight is 581 g/mol. The predicted molar refractivity (Wildman–Crippen MR) is 150 cm³/mol. The van der Waals surface area contributed by atoms with Gasteiger partial charge in [-0.25, -0.2) is 0 Å². The predicted octanol–water partition coefficient (Wildman–Crippen LogP) is 3.20. The summed E-state index contributed by atoms with van der Waals surface area (Å²) in [5.41, 5.74) is -0.176. The van der Waals surface area contributed by atoms with Crippen LogP contribution in [0, 0.1) is 0 Å². The van der Waals surface area contributed by atoms with Crippen LogP contribution in [0.4, 0.5) is 0 Å². The summed E-state index contributed by atoms with van der Waals surface area (Å²) in [6.45, 7) is -0.470. The Bertz CT molecular complexity index is 1380. The molecule has 7 atom stereocenters. The molecule has 3 N–H and O–H groups in total. The van der Waals surface area contributed by atoms with E-state index in [0.29, 0.717) is 41.4 Å². The van der Waals surface area contributed by atoms with E-state index in [2.05, 4.69) is 12.1 Å². The molecule has 10 heteroatoms. The van der Waals surface area contributed by atoms with Gasteiger partial charge in [-0.2, -0.15) is 0 Å². The Morgan fingerprint density at radius 3 is 2.38 bits per heavy atom. The van der Waals surface area contributed by atoms with Gasteiger partial charge < -0.3 is 48.5 Å². The van der Waals surface area contributed by atoms with Crippen LogP contribution in [0.5, 0.6) is 23.0 Å². The largest absolute Gasteiger partial charge is 0.497 e. The lowest BCUT2D eigenvalue weighted by Crippen LogP contribution is -2.52. The topological polar surface area (TPSA) is 125 Å². The molecule has 1 saturated carbocycles. The van der Waals surface area contributed by atoms with Crippen molar-refractivity contribution in [1.29, 1.82) is 0 Å². The van der Waals surface area contributed by atoms with Gasteiger partial charge in [0.25, 0.3) is 6.29 Å². The van der Waals surface area contributed by atoms with Crippen molar-refractivity contribution in [2.24, 2.45) is 0 Å². The van der Waals surface area contributed by atoms with Crippen LogP contribution in [0.15, 0.2) is 66.7 Å². The van der Waals surface area contributed by atoms with E-state index in [4.69, 9.17) is 33.2 Å². The Balaban J connectivity index is 1.43. The zero-order chi connectivity index (χ0) is 29.5. The van der Waals surface area contributed by atoms with E-state index in [-0.39, 0.29) is 12.5 Å². The maximum absolute atomic E-state index is 12.7. The van der Waals surface area contributed by atoms with Crippen LogP contribution in [0.25, 0.3) is 0 Å². The van der Waals surface area contributed by atoms with E-state index < -0.39 is 42.6 Å². The zero-order valence-corrected chi connectivity index (χ0v) is 23.8. The van der Waals surface area contributed by atoms with Crippen LogP contribution in [0.1, 0.15) is 35.4 Å². The smallest absolute Gasteiger partial charge is 0.251 e. The molecule has 0 aromatic heterocycles. The van der Waals surface area contributed by atoms with E-state index in [0.717, 1.165) is 11.1 Å². The quantitative estimate of drug-likeness (QED) is 0.348. The van der Waals surface area contributed by atoms with Crippen LogP contribution < -0.4 is 18.9 Å². The van der Waals surface area contributed by atoms with Crippen molar-refractivity contribution in [2.45, 2.75) is 54.7 Å². The van der Waals surface area contributed by atoms with E-state index >= 15 is 0 Å². The summed E-state index contributed by atoms with van der Waals surface area (Å²) < 4.78 is 41.3. The van der Waals surface area contributed by atoms with Gasteiger partial charge in [0.1, 0.15) is 40.8 Å². The van der Waals surface area contributed by atoms with Crippen LogP contribution in [0.2, 0.25) is 0 Å². The molecule has 7 unspecified atom stereocenters. The molecule has 1 saturated heterocycles. The number of benzene rings is 3. The molecule has 1 aliphatic carbocycles. The van der Waals surface area contributed by atoms with Gasteiger partial charge in [0.15, 0.2) is 5.60 Å². The summed E-state index contributed by atoms with van der Waals surface area (Å²) in [5.74, 6) is 1.66. The summed E-state index contributed by atoms with van der Waals surface area (Å²) in [5, 5.41) is 32.2. The first-order valence-corrected chi connectivity index (χ1v) is 14.0. The second kappa shape index (κ2) is 11.4. The van der Waals surface area contributed by atoms with Gasteiger partial charge in [-0.1, -0.05) is 42.5 Å². The molecule has 3 aromatic rings. The van der Waals surface area contributed by atoms with Gasteiger partial charge in [0, 0.05) is 25.2 Å². The summed E-state index contributed by atoms with van der Waals surface area (Å²) in [6, 6.07) is 21.0. The second-order valence-corrected chi connectivity index (χ2v) is 10.8. The lowest BCUT2D eigenvalue weighted by atomic mass is 9.71. The lowest BCUT2D eigenvalue weighted by Gasteiger charge is -2.40. The van der Waals surface area contributed by atoms with Gasteiger partial charge in [-0.3, -0.25) is 0 Å². The van der Waals surface area contributed by atoms with Crippen molar-refractivity contribution in [3.8, 4) is 23.0 Å². The molecule has 224 valence electrons. The highest BCUT2D eigenvalue weighted by atomic mass is 16.8. The number of hydrogen-bond donors (Lipinski definition) is 3. The number of fused-ring (bicyclic) bond motifs is 3. The monoisotopic (exact) mass is 580 g/mol. The highest BCUT2D eigenvalue weighted by molar-refractivity contribution is 5.61. The molecule has 10 nitrogen and oxygen atoms in total. The maximum atomic E-state index is 12.7. The third-order valence-corrected chi connectivity index (χ3v) is 8.62. The van der Waals surface area contributed by atoms with Gasteiger partial charge in [-0.15, -0.1) is 0 Å². The van der Waals surface area contributed by atoms with Crippen molar-refractivity contribution in [1.82, 2.24) is 0 Å². The SMILES string of the molecule is COc1ccc(C23Oc4cc(OC5OC(C(O)CO)COC5OC)cc(OC)c4C2(O)CCC3c2ccccc2)cc1. The average Bonchev–Trinajstić information content (AvgIpc) is 3.47. The minimum Gasteiger partial charge on any atom is -0.497 e. The van der Waals surface area contributed by atoms with E-state index in [1.807, 2.05) is 42.5 Å². The normalized spacial score (nSPS) is 30.6. The number of aliphatic hydroxyl groups excluding tert-OH is 2. The van der Waals surface area contributed by atoms with Crippen molar-refractivity contribution in [3.05, 3.63) is 83.4 Å². The first-order chi connectivity index (χ1) is 20.4. The fourth-order valence-corrected chi connectivity index (χ4v) is 6.64. The highest BCUT2D eigenvalue weighted by Gasteiger charge is 2.69. The van der Waals surface area contributed by atoms with Crippen LogP contribution in [0.3, 0.4) is 0 Å². The van der Waals surface area contributed by atoms with Crippen LogP contribution >= 0.6 is 0 Å². The number of aliphatic hydroxyl groups is 3. The molecule has 6 rings (SSSR count). The number of hydrogen-bond acceptors (Lipinski definition) is 10. The minimum atomic E-state index is -1.42. The molecule has 2 fully saturated rings. The molecule has 42 heavy (non-hydrogen) atoms. The van der Waals surface area contributed by atoms with Crippen molar-refractivity contribution >= 4 is 0 Å². The van der Waals surface area contributed by atoms with Gasteiger partial charge in [0.05, 0.1) is 33.0 Å². The second-order valence-electron chi connectivity index (χ2n) is 10.8. The molecule has 0 amide bonds. The summed E-state index contributed by atoms with van der Waals surface area (Å²) in [7, 11) is 4.60. The van der Waals surface area contributed by atoms with Gasteiger partial charge in [0.2, 0.25) is 6.29 Å². The Morgan fingerprint density at radius 1 is 0.952 bits per heavy atom. The summed E-state index contributed by atoms with van der Waals surface area (Å²) in [4.78, 5) is 0. The molecule has 3 aliphatic rings. The number of ether oxygens (including phenoxy) is 7. The molecule has 3 aromatic carbocycles. The first-order valence-electron chi connectivity index (χ1n) is 14.0. The Kier molecular flexibility index (Phi) is 7.77. The van der Waals surface area contributed by atoms with Crippen molar-refractivity contribution in [3.63, 3.8) is 0 Å². The summed E-state index contributed by atoms with van der Waals surface area (Å²) >= 11 is 0. The molecular formula is C32H36O10. The lowest BCUT2D eigenvalue weighted by molar-refractivity contribution is -0.324. The fourth-order valence-electron chi connectivity index (χ4n) is 6.64. The summed E-state index contributed by atoms with van der Waals surface area (Å²) in [6.07, 6.45) is -2.79. The minimum absolute atomic E-state index is 0.0228. The van der Waals surface area contributed by atoms with Gasteiger partial charge in [-0.05, 0) is 36.1 Å². The molecule has 0 radical (unpaired) electrons. The Labute approximate surface area is 244 Å². The molecular weight excluding hydrogens is 544 g/mol. The zero-order valence-electron chi connectivity index (χ0n) is 23.8. The molecule has 0 bridgehead atoms. The Hall–Kier alpha value is -3.38. The molecule has 2 heterocycles. The number of methoxy groups -OCH3 is 3. The van der Waals surface area contributed by atoms with Crippen molar-refractivity contribution in [2.75, 3.05) is 34.5 Å². The standard InChI is InChI=1S/C32H36O10/c1-36-21-11-9-20(10-12-21)32-23(19-7-5-4-6-8-19)13-14-31(32,35)28-25(37-2)15-22(16-26(28)42-32)40-30-29(38-3)39-18-27(41-30)24(34)17-33/h4-12,15-16,23-24,27,29-30,33-35H,13-14,17-18H2,1-3H3. The number of rotatable bonds is 9. The van der Waals surface area contributed by atoms with E-state index in [9.17, 15) is 15.3 Å². The van der Waals surface area contributed by atoms with Crippen molar-refractivity contribution < 1.29 is 48.5 Å². The van der Waals surface area contributed by atoms with Crippen LogP contribution in [-0.4, -0.2) is 74.7 Å².